The van der Waals surface area contributed by atoms with Crippen molar-refractivity contribution in [3.05, 3.63) is 99.8 Å². The summed E-state index contributed by atoms with van der Waals surface area (Å²) >= 11 is 0. The van der Waals surface area contributed by atoms with Crippen LogP contribution in [0.15, 0.2) is 78.5 Å². The Kier molecular flexibility index (Phi) is 6.41. The molecule has 1 heterocycles. The molecule has 0 fully saturated rings. The average molecular weight is 406 g/mol. The van der Waals surface area contributed by atoms with Gasteiger partial charge in [-0.1, -0.05) is 55.1 Å². The second kappa shape index (κ2) is 9.17. The minimum atomic E-state index is -0.502. The Labute approximate surface area is 174 Å². The van der Waals surface area contributed by atoms with Crippen molar-refractivity contribution in [2.24, 2.45) is 0 Å². The van der Waals surface area contributed by atoms with Crippen LogP contribution in [-0.2, 0) is 20.9 Å². The van der Waals surface area contributed by atoms with Gasteiger partial charge in [-0.3, -0.25) is 14.9 Å². The molecule has 2 aromatic rings. The summed E-state index contributed by atoms with van der Waals surface area (Å²) in [7, 11) is 0. The van der Waals surface area contributed by atoms with Gasteiger partial charge < -0.3 is 9.64 Å². The van der Waals surface area contributed by atoms with E-state index in [1.165, 1.54) is 23.1 Å². The number of esters is 1. The zero-order valence-electron chi connectivity index (χ0n) is 16.6. The molecule has 0 spiro atoms. The lowest BCUT2D eigenvalue weighted by Gasteiger charge is -2.34. The molecule has 7 heteroatoms. The number of carbonyl (C=O) groups is 2. The predicted octanol–water partition coefficient (Wildman–Crippen LogP) is 4.11. The van der Waals surface area contributed by atoms with Crippen LogP contribution in [0.3, 0.4) is 0 Å². The van der Waals surface area contributed by atoms with E-state index in [0.717, 1.165) is 5.56 Å². The Morgan fingerprint density at radius 3 is 2.67 bits per heavy atom. The van der Waals surface area contributed by atoms with Crippen molar-refractivity contribution >= 4 is 17.6 Å². The van der Waals surface area contributed by atoms with Crippen LogP contribution in [0.1, 0.15) is 30.4 Å². The summed E-state index contributed by atoms with van der Waals surface area (Å²) < 4.78 is 5.30. The largest absolute Gasteiger partial charge is 0.458 e. The monoisotopic (exact) mass is 406 g/mol. The Bertz CT molecular complexity index is 1010. The summed E-state index contributed by atoms with van der Waals surface area (Å²) in [6.07, 6.45) is 1.59. The lowest BCUT2D eigenvalue weighted by atomic mass is 9.83. The molecule has 30 heavy (non-hydrogen) atoms. The standard InChI is InChI=1S/C23H22N2O5/c1-3-12-30-23(27)22-16(2)24(15-17-8-7-11-19(13-17)25(28)29)21(26)14-20(22)18-9-5-4-6-10-18/h3-11,13,20H,1,12,14-15H2,2H3. The molecule has 2 aromatic carbocycles. The number of amides is 1. The van der Waals surface area contributed by atoms with Crippen molar-refractivity contribution in [1.82, 2.24) is 4.90 Å². The fourth-order valence-corrected chi connectivity index (χ4v) is 3.60. The van der Waals surface area contributed by atoms with E-state index in [9.17, 15) is 19.7 Å². The first kappa shape index (κ1) is 21.0. The number of hydrogen-bond acceptors (Lipinski definition) is 5. The van der Waals surface area contributed by atoms with Crippen LogP contribution in [0.2, 0.25) is 0 Å². The summed E-state index contributed by atoms with van der Waals surface area (Å²) in [5.74, 6) is -1.08. The van der Waals surface area contributed by atoms with Gasteiger partial charge in [0.25, 0.3) is 5.69 Å². The van der Waals surface area contributed by atoms with Crippen LogP contribution >= 0.6 is 0 Å². The molecule has 154 valence electrons. The number of ether oxygens (including phenoxy) is 1. The van der Waals surface area contributed by atoms with Crippen molar-refractivity contribution in [1.29, 1.82) is 0 Å². The molecule has 1 amide bonds. The number of rotatable bonds is 7. The van der Waals surface area contributed by atoms with E-state index in [1.54, 1.807) is 19.1 Å². The lowest BCUT2D eigenvalue weighted by Crippen LogP contribution is -2.38. The molecule has 0 aliphatic carbocycles. The Morgan fingerprint density at radius 1 is 1.27 bits per heavy atom. The van der Waals surface area contributed by atoms with E-state index in [-0.39, 0.29) is 31.2 Å². The van der Waals surface area contributed by atoms with Crippen molar-refractivity contribution in [3.8, 4) is 0 Å². The molecule has 3 rings (SSSR count). The van der Waals surface area contributed by atoms with Crippen molar-refractivity contribution in [3.63, 3.8) is 0 Å². The summed E-state index contributed by atoms with van der Waals surface area (Å²) in [4.78, 5) is 37.9. The molecule has 1 unspecified atom stereocenters. The van der Waals surface area contributed by atoms with Gasteiger partial charge in [0, 0.05) is 30.2 Å². The van der Waals surface area contributed by atoms with E-state index < -0.39 is 16.8 Å². The van der Waals surface area contributed by atoms with Gasteiger partial charge in [0.05, 0.1) is 17.0 Å². The van der Waals surface area contributed by atoms with Crippen LogP contribution in [0.25, 0.3) is 0 Å². The van der Waals surface area contributed by atoms with Crippen molar-refractivity contribution in [2.45, 2.75) is 25.8 Å². The number of nitrogens with zero attached hydrogens (tertiary/aromatic N) is 2. The van der Waals surface area contributed by atoms with Gasteiger partial charge in [-0.15, -0.1) is 0 Å². The molecule has 1 aliphatic heterocycles. The molecule has 0 N–H and O–H groups in total. The van der Waals surface area contributed by atoms with Gasteiger partial charge in [-0.2, -0.15) is 0 Å². The summed E-state index contributed by atoms with van der Waals surface area (Å²) in [5.41, 5.74) is 2.31. The maximum atomic E-state index is 13.0. The highest BCUT2D eigenvalue weighted by Crippen LogP contribution is 2.37. The quantitative estimate of drug-likeness (QED) is 0.299. The average Bonchev–Trinajstić information content (AvgIpc) is 2.75. The molecule has 0 bridgehead atoms. The number of allylic oxidation sites excluding steroid dienone is 1. The van der Waals surface area contributed by atoms with Gasteiger partial charge >= 0.3 is 5.97 Å². The number of non-ortho nitro benzene ring substituents is 1. The lowest BCUT2D eigenvalue weighted by molar-refractivity contribution is -0.384. The molecule has 0 radical (unpaired) electrons. The van der Waals surface area contributed by atoms with Crippen LogP contribution in [-0.4, -0.2) is 28.3 Å². The highest BCUT2D eigenvalue weighted by Gasteiger charge is 2.36. The van der Waals surface area contributed by atoms with Gasteiger partial charge in [0.1, 0.15) is 6.61 Å². The first-order valence-electron chi connectivity index (χ1n) is 9.49. The molecular weight excluding hydrogens is 384 g/mol. The van der Waals surface area contributed by atoms with Gasteiger partial charge in [-0.25, -0.2) is 4.79 Å². The van der Waals surface area contributed by atoms with E-state index in [4.69, 9.17) is 4.74 Å². The zero-order valence-corrected chi connectivity index (χ0v) is 16.6. The number of nitro groups is 1. The van der Waals surface area contributed by atoms with E-state index in [1.807, 2.05) is 30.3 Å². The number of benzene rings is 2. The van der Waals surface area contributed by atoms with Gasteiger partial charge in [0.15, 0.2) is 0 Å². The van der Waals surface area contributed by atoms with Crippen molar-refractivity contribution in [2.75, 3.05) is 6.61 Å². The Balaban J connectivity index is 2.00. The molecule has 7 nitrogen and oxygen atoms in total. The summed E-state index contributed by atoms with van der Waals surface area (Å²) in [6, 6.07) is 15.5. The fourth-order valence-electron chi connectivity index (χ4n) is 3.60. The van der Waals surface area contributed by atoms with Crippen molar-refractivity contribution < 1.29 is 19.2 Å². The minimum absolute atomic E-state index is 0.0497. The molecule has 0 saturated heterocycles. The first-order valence-corrected chi connectivity index (χ1v) is 9.49. The maximum Gasteiger partial charge on any atom is 0.336 e. The maximum absolute atomic E-state index is 13.0. The van der Waals surface area contributed by atoms with Crippen LogP contribution < -0.4 is 0 Å². The summed E-state index contributed by atoms with van der Waals surface area (Å²) in [5, 5.41) is 11.1. The second-order valence-electron chi connectivity index (χ2n) is 6.96. The third-order valence-corrected chi connectivity index (χ3v) is 5.04. The molecular formula is C23H22N2O5. The normalized spacial score (nSPS) is 16.4. The third kappa shape index (κ3) is 4.46. The van der Waals surface area contributed by atoms with Crippen LogP contribution in [0.4, 0.5) is 5.69 Å². The second-order valence-corrected chi connectivity index (χ2v) is 6.96. The van der Waals surface area contributed by atoms with Gasteiger partial charge in [0.2, 0.25) is 5.91 Å². The molecule has 1 aliphatic rings. The highest BCUT2D eigenvalue weighted by molar-refractivity contribution is 5.95. The number of hydrogen-bond donors (Lipinski definition) is 0. The number of carbonyl (C=O) groups excluding carboxylic acids is 2. The number of nitro benzene ring substituents is 1. The predicted molar refractivity (Wildman–Crippen MR) is 111 cm³/mol. The Morgan fingerprint density at radius 2 is 2.00 bits per heavy atom. The van der Waals surface area contributed by atoms with E-state index >= 15 is 0 Å². The van der Waals surface area contributed by atoms with E-state index in [0.29, 0.717) is 16.8 Å². The Hall–Kier alpha value is -3.74. The first-order chi connectivity index (χ1) is 14.4. The topological polar surface area (TPSA) is 89.8 Å². The van der Waals surface area contributed by atoms with E-state index in [2.05, 4.69) is 6.58 Å². The van der Waals surface area contributed by atoms with Gasteiger partial charge in [-0.05, 0) is 18.1 Å². The van der Waals surface area contributed by atoms with Crippen LogP contribution in [0.5, 0.6) is 0 Å². The third-order valence-electron chi connectivity index (χ3n) is 5.04. The highest BCUT2D eigenvalue weighted by atomic mass is 16.6. The molecule has 0 saturated carbocycles. The fraction of sp³-hybridized carbons (Fsp3) is 0.217. The molecule has 0 aromatic heterocycles. The van der Waals surface area contributed by atoms with Crippen LogP contribution in [0, 0.1) is 10.1 Å². The summed E-state index contributed by atoms with van der Waals surface area (Å²) in [6.45, 7) is 5.47. The zero-order chi connectivity index (χ0) is 21.7. The smallest absolute Gasteiger partial charge is 0.336 e. The minimum Gasteiger partial charge on any atom is -0.458 e. The SMILES string of the molecule is C=CCOC(=O)C1=C(C)N(Cc2cccc([N+](=O)[O-])c2)C(=O)CC1c1ccccc1. The molecule has 1 atom stereocenters.